The third kappa shape index (κ3) is 6.84. The van der Waals surface area contributed by atoms with Crippen molar-refractivity contribution in [2.45, 2.75) is 24.9 Å². The van der Waals surface area contributed by atoms with Gasteiger partial charge in [-0.3, -0.25) is 4.79 Å². The zero-order chi connectivity index (χ0) is 16.0. The van der Waals surface area contributed by atoms with Gasteiger partial charge < -0.3 is 4.90 Å². The summed E-state index contributed by atoms with van der Waals surface area (Å²) >= 11 is 0.903. The molecule has 1 amide bonds. The minimum Gasteiger partial charge on any atom is -0.333 e. The van der Waals surface area contributed by atoms with Crippen molar-refractivity contribution >= 4 is 17.7 Å². The van der Waals surface area contributed by atoms with E-state index in [4.69, 9.17) is 0 Å². The number of carbonyl (C=O) groups excluding carboxylic acids is 1. The van der Waals surface area contributed by atoms with Gasteiger partial charge in [0.2, 0.25) is 5.91 Å². The second kappa shape index (κ2) is 7.68. The molecule has 0 aliphatic carbocycles. The van der Waals surface area contributed by atoms with Crippen molar-refractivity contribution in [1.82, 2.24) is 4.90 Å². The second-order valence-electron chi connectivity index (χ2n) is 5.00. The van der Waals surface area contributed by atoms with E-state index in [-0.39, 0.29) is 23.1 Å². The standard InChI is InChI=1S/C14H17F4NOS/c1-10(2)7-19(9-14(16,17)18)13(20)8-21-12-6-4-3-5-11(12)15/h3-6,10H,7-9H2,1-2H3. The van der Waals surface area contributed by atoms with E-state index < -0.39 is 24.4 Å². The molecule has 0 unspecified atom stereocenters. The van der Waals surface area contributed by atoms with Crippen molar-refractivity contribution in [3.8, 4) is 0 Å². The van der Waals surface area contributed by atoms with Gasteiger partial charge in [0.15, 0.2) is 0 Å². The molecule has 0 aliphatic rings. The average Bonchev–Trinajstić information content (AvgIpc) is 2.34. The molecule has 21 heavy (non-hydrogen) atoms. The first-order valence-corrected chi connectivity index (χ1v) is 7.39. The molecule has 0 spiro atoms. The number of benzene rings is 1. The maximum absolute atomic E-state index is 13.4. The SMILES string of the molecule is CC(C)CN(CC(F)(F)F)C(=O)CSc1ccccc1F. The molecule has 1 rings (SSSR count). The van der Waals surface area contributed by atoms with Gasteiger partial charge >= 0.3 is 6.18 Å². The highest BCUT2D eigenvalue weighted by molar-refractivity contribution is 8.00. The lowest BCUT2D eigenvalue weighted by Crippen LogP contribution is -2.42. The number of hydrogen-bond donors (Lipinski definition) is 0. The zero-order valence-electron chi connectivity index (χ0n) is 11.8. The van der Waals surface area contributed by atoms with Gasteiger partial charge in [-0.25, -0.2) is 4.39 Å². The van der Waals surface area contributed by atoms with Crippen LogP contribution in [0.5, 0.6) is 0 Å². The molecule has 0 fully saturated rings. The van der Waals surface area contributed by atoms with Crippen molar-refractivity contribution in [2.24, 2.45) is 5.92 Å². The molecule has 0 heterocycles. The van der Waals surface area contributed by atoms with E-state index in [1.165, 1.54) is 18.2 Å². The maximum atomic E-state index is 13.4. The fourth-order valence-corrected chi connectivity index (χ4v) is 2.55. The van der Waals surface area contributed by atoms with Gasteiger partial charge in [0.25, 0.3) is 0 Å². The third-order valence-corrected chi connectivity index (χ3v) is 3.53. The molecule has 0 aliphatic heterocycles. The Morgan fingerprint density at radius 1 is 1.29 bits per heavy atom. The van der Waals surface area contributed by atoms with Crippen LogP contribution < -0.4 is 0 Å². The van der Waals surface area contributed by atoms with Crippen molar-refractivity contribution in [3.63, 3.8) is 0 Å². The predicted molar refractivity (Wildman–Crippen MR) is 74.6 cm³/mol. The number of rotatable bonds is 6. The lowest BCUT2D eigenvalue weighted by molar-refractivity contribution is -0.160. The van der Waals surface area contributed by atoms with E-state index in [9.17, 15) is 22.4 Å². The molecule has 1 aromatic rings. The molecule has 0 saturated heterocycles. The van der Waals surface area contributed by atoms with Crippen LogP contribution in [-0.2, 0) is 4.79 Å². The lowest BCUT2D eigenvalue weighted by atomic mass is 10.2. The number of amides is 1. The van der Waals surface area contributed by atoms with Gasteiger partial charge in [0.1, 0.15) is 12.4 Å². The quantitative estimate of drug-likeness (QED) is 0.583. The number of alkyl halides is 3. The van der Waals surface area contributed by atoms with E-state index in [2.05, 4.69) is 0 Å². The van der Waals surface area contributed by atoms with Crippen LogP contribution in [0, 0.1) is 11.7 Å². The van der Waals surface area contributed by atoms with Crippen LogP contribution in [0.3, 0.4) is 0 Å². The summed E-state index contributed by atoms with van der Waals surface area (Å²) < 4.78 is 50.8. The number of hydrogen-bond acceptors (Lipinski definition) is 2. The fourth-order valence-electron chi connectivity index (χ4n) is 1.70. The third-order valence-electron chi connectivity index (χ3n) is 2.50. The van der Waals surface area contributed by atoms with Gasteiger partial charge in [-0.2, -0.15) is 13.2 Å². The molecular formula is C14H17F4NOS. The van der Waals surface area contributed by atoms with Crippen molar-refractivity contribution in [1.29, 1.82) is 0 Å². The Morgan fingerprint density at radius 3 is 2.43 bits per heavy atom. The first-order chi connectivity index (χ1) is 9.69. The topological polar surface area (TPSA) is 20.3 Å². The summed E-state index contributed by atoms with van der Waals surface area (Å²) in [6.07, 6.45) is -4.44. The van der Waals surface area contributed by atoms with Crippen molar-refractivity contribution in [3.05, 3.63) is 30.1 Å². The number of nitrogens with zero attached hydrogens (tertiary/aromatic N) is 1. The number of carbonyl (C=O) groups is 1. The van der Waals surface area contributed by atoms with E-state index in [0.29, 0.717) is 0 Å². The van der Waals surface area contributed by atoms with Crippen molar-refractivity contribution < 1.29 is 22.4 Å². The largest absolute Gasteiger partial charge is 0.406 e. The smallest absolute Gasteiger partial charge is 0.333 e. The Balaban J connectivity index is 2.66. The lowest BCUT2D eigenvalue weighted by Gasteiger charge is -2.25. The van der Waals surface area contributed by atoms with Crippen LogP contribution in [0.25, 0.3) is 0 Å². The molecule has 118 valence electrons. The Hall–Kier alpha value is -1.24. The van der Waals surface area contributed by atoms with E-state index in [1.807, 2.05) is 0 Å². The normalized spacial score (nSPS) is 11.8. The first-order valence-electron chi connectivity index (χ1n) is 6.41. The van der Waals surface area contributed by atoms with Crippen LogP contribution in [0.4, 0.5) is 17.6 Å². The van der Waals surface area contributed by atoms with E-state index >= 15 is 0 Å². The average molecular weight is 323 g/mol. The molecule has 0 bridgehead atoms. The number of thioether (sulfide) groups is 1. The first kappa shape index (κ1) is 17.8. The van der Waals surface area contributed by atoms with Gasteiger partial charge in [-0.05, 0) is 18.1 Å². The van der Waals surface area contributed by atoms with Gasteiger partial charge in [-0.15, -0.1) is 11.8 Å². The monoisotopic (exact) mass is 323 g/mol. The van der Waals surface area contributed by atoms with Gasteiger partial charge in [0, 0.05) is 11.4 Å². The van der Waals surface area contributed by atoms with Crippen LogP contribution >= 0.6 is 11.8 Å². The Labute approximate surface area is 125 Å². The van der Waals surface area contributed by atoms with Crippen LogP contribution in [0.15, 0.2) is 29.2 Å². The summed E-state index contributed by atoms with van der Waals surface area (Å²) in [4.78, 5) is 13.0. The highest BCUT2D eigenvalue weighted by Crippen LogP contribution is 2.23. The van der Waals surface area contributed by atoms with Crippen molar-refractivity contribution in [2.75, 3.05) is 18.8 Å². The molecule has 0 aromatic heterocycles. The molecular weight excluding hydrogens is 306 g/mol. The molecule has 0 N–H and O–H groups in total. The predicted octanol–water partition coefficient (Wildman–Crippen LogP) is 3.96. The van der Waals surface area contributed by atoms with Gasteiger partial charge in [0.05, 0.1) is 5.75 Å². The highest BCUT2D eigenvalue weighted by atomic mass is 32.2. The zero-order valence-corrected chi connectivity index (χ0v) is 12.6. The Kier molecular flexibility index (Phi) is 6.51. The second-order valence-corrected chi connectivity index (χ2v) is 6.02. The maximum Gasteiger partial charge on any atom is 0.406 e. The summed E-state index contributed by atoms with van der Waals surface area (Å²) in [6.45, 7) is 2.22. The molecule has 1 aromatic carbocycles. The summed E-state index contributed by atoms with van der Waals surface area (Å²) in [6, 6.07) is 5.85. The number of halogens is 4. The Bertz CT molecular complexity index is 476. The minimum atomic E-state index is -4.44. The molecule has 7 heteroatoms. The van der Waals surface area contributed by atoms with Crippen LogP contribution in [0.2, 0.25) is 0 Å². The van der Waals surface area contributed by atoms with Crippen LogP contribution in [-0.4, -0.2) is 35.8 Å². The molecule has 0 saturated carbocycles. The van der Waals surface area contributed by atoms with Gasteiger partial charge in [-0.1, -0.05) is 26.0 Å². The summed E-state index contributed by atoms with van der Waals surface area (Å²) in [5.41, 5.74) is 0. The Morgan fingerprint density at radius 2 is 1.90 bits per heavy atom. The van der Waals surface area contributed by atoms with E-state index in [0.717, 1.165) is 16.7 Å². The molecule has 0 radical (unpaired) electrons. The molecule has 2 nitrogen and oxygen atoms in total. The minimum absolute atomic E-state index is 0.0240. The highest BCUT2D eigenvalue weighted by Gasteiger charge is 2.33. The van der Waals surface area contributed by atoms with E-state index in [1.54, 1.807) is 19.9 Å². The molecule has 0 atom stereocenters. The fraction of sp³-hybridized carbons (Fsp3) is 0.500. The summed E-state index contributed by atoms with van der Waals surface area (Å²) in [7, 11) is 0. The van der Waals surface area contributed by atoms with Crippen LogP contribution in [0.1, 0.15) is 13.8 Å². The summed E-state index contributed by atoms with van der Waals surface area (Å²) in [5.74, 6) is -1.42. The summed E-state index contributed by atoms with van der Waals surface area (Å²) in [5, 5.41) is 0.